The largest absolute Gasteiger partial charge is 0.465 e. The smallest absolute Gasteiger partial charge is 0.350 e. The zero-order valence-corrected chi connectivity index (χ0v) is 21.1. The van der Waals surface area contributed by atoms with Gasteiger partial charge in [0.2, 0.25) is 5.91 Å². The predicted octanol–water partition coefficient (Wildman–Crippen LogP) is 6.83. The fraction of sp³-hybridized carbons (Fsp3) is 0.393. The molecule has 0 aliphatic heterocycles. The van der Waals surface area contributed by atoms with Crippen LogP contribution in [0.25, 0.3) is 21.7 Å². The van der Waals surface area contributed by atoms with E-state index < -0.39 is 5.97 Å². The van der Waals surface area contributed by atoms with Crippen LogP contribution >= 0.6 is 11.3 Å². The second kappa shape index (κ2) is 10.5. The van der Waals surface area contributed by atoms with Crippen molar-refractivity contribution in [2.75, 3.05) is 12.0 Å². The molecule has 0 atom stereocenters. The van der Waals surface area contributed by atoms with Crippen LogP contribution < -0.4 is 4.90 Å². The van der Waals surface area contributed by atoms with E-state index in [2.05, 4.69) is 11.9 Å². The topological polar surface area (TPSA) is 59.5 Å². The first-order chi connectivity index (χ1) is 16.4. The highest BCUT2D eigenvalue weighted by Gasteiger charge is 2.33. The molecule has 3 aromatic rings. The number of pyridine rings is 1. The van der Waals surface area contributed by atoms with Crippen LogP contribution in [-0.2, 0) is 9.53 Å². The van der Waals surface area contributed by atoms with E-state index >= 15 is 0 Å². The minimum Gasteiger partial charge on any atom is -0.465 e. The number of nitrogens with zero attached hydrogens (tertiary/aromatic N) is 2. The number of amides is 1. The number of carbonyl (C=O) groups is 2. The van der Waals surface area contributed by atoms with Crippen LogP contribution in [0.15, 0.2) is 54.7 Å². The van der Waals surface area contributed by atoms with E-state index in [1.165, 1.54) is 18.4 Å². The summed E-state index contributed by atoms with van der Waals surface area (Å²) in [6, 6.07) is 15.9. The Hall–Kier alpha value is -2.99. The maximum absolute atomic E-state index is 13.6. The quantitative estimate of drug-likeness (QED) is 0.366. The molecule has 5 nitrogen and oxygen atoms in total. The summed E-state index contributed by atoms with van der Waals surface area (Å²) in [5, 5.41) is 0. The van der Waals surface area contributed by atoms with E-state index in [1.807, 2.05) is 67.3 Å². The van der Waals surface area contributed by atoms with E-state index in [1.54, 1.807) is 6.20 Å². The van der Waals surface area contributed by atoms with Gasteiger partial charge < -0.3 is 9.64 Å². The Morgan fingerprint density at radius 2 is 1.71 bits per heavy atom. The molecule has 0 N–H and O–H groups in total. The average Bonchev–Trinajstić information content (AvgIpc) is 3.29. The van der Waals surface area contributed by atoms with E-state index in [0.29, 0.717) is 16.5 Å². The van der Waals surface area contributed by atoms with Gasteiger partial charge in [0.25, 0.3) is 0 Å². The molecule has 1 fully saturated rings. The Kier molecular flexibility index (Phi) is 7.47. The molecule has 1 aliphatic rings. The lowest BCUT2D eigenvalue weighted by molar-refractivity contribution is -0.123. The minimum atomic E-state index is -0.410. The molecular formula is C28H32N2O3S. The molecule has 1 aromatic carbocycles. The number of rotatable bonds is 6. The number of hydrogen-bond acceptors (Lipinski definition) is 5. The third kappa shape index (κ3) is 5.07. The van der Waals surface area contributed by atoms with Gasteiger partial charge >= 0.3 is 5.97 Å². The molecule has 4 rings (SSSR count). The molecule has 6 heteroatoms. The van der Waals surface area contributed by atoms with Crippen molar-refractivity contribution in [2.24, 2.45) is 11.8 Å². The molecule has 2 aromatic heterocycles. The number of benzene rings is 1. The van der Waals surface area contributed by atoms with E-state index in [-0.39, 0.29) is 17.9 Å². The first-order valence-electron chi connectivity index (χ1n) is 12.0. The van der Waals surface area contributed by atoms with Crippen molar-refractivity contribution in [1.29, 1.82) is 0 Å². The Bertz CT molecular complexity index is 1130. The number of anilines is 1. The highest BCUT2D eigenvalue weighted by atomic mass is 32.1. The highest BCUT2D eigenvalue weighted by molar-refractivity contribution is 7.18. The summed E-state index contributed by atoms with van der Waals surface area (Å²) in [4.78, 5) is 34.0. The van der Waals surface area contributed by atoms with Crippen molar-refractivity contribution < 1.29 is 14.3 Å². The summed E-state index contributed by atoms with van der Waals surface area (Å²) in [5.41, 5.74) is 3.58. The number of hydrogen-bond donors (Lipinski definition) is 0. The number of ether oxygens (including phenoxy) is 1. The van der Waals surface area contributed by atoms with Crippen LogP contribution in [0.1, 0.15) is 56.1 Å². The van der Waals surface area contributed by atoms with Gasteiger partial charge in [-0.3, -0.25) is 9.78 Å². The molecule has 0 radical (unpaired) electrons. The normalized spacial score (nSPS) is 18.0. The first kappa shape index (κ1) is 24.1. The van der Waals surface area contributed by atoms with Crippen LogP contribution in [0.4, 0.5) is 5.69 Å². The van der Waals surface area contributed by atoms with Crippen molar-refractivity contribution in [3.05, 3.63) is 59.6 Å². The fourth-order valence-corrected chi connectivity index (χ4v) is 5.71. The number of methoxy groups -OCH3 is 1. The maximum atomic E-state index is 13.6. The first-order valence-corrected chi connectivity index (χ1v) is 12.8. The van der Waals surface area contributed by atoms with Crippen molar-refractivity contribution in [3.8, 4) is 21.7 Å². The predicted molar refractivity (Wildman–Crippen MR) is 138 cm³/mol. The Labute approximate surface area is 205 Å². The van der Waals surface area contributed by atoms with Gasteiger partial charge in [-0.15, -0.1) is 11.3 Å². The molecule has 178 valence electrons. The van der Waals surface area contributed by atoms with Gasteiger partial charge in [0.05, 0.1) is 18.5 Å². The van der Waals surface area contributed by atoms with Gasteiger partial charge in [-0.05, 0) is 69.2 Å². The molecule has 0 spiro atoms. The van der Waals surface area contributed by atoms with Gasteiger partial charge in [0.15, 0.2) is 0 Å². The lowest BCUT2D eigenvalue weighted by Crippen LogP contribution is -2.42. The molecule has 2 heterocycles. The summed E-state index contributed by atoms with van der Waals surface area (Å²) in [5.74, 6) is 0.378. The average molecular weight is 477 g/mol. The van der Waals surface area contributed by atoms with E-state index in [0.717, 1.165) is 47.4 Å². The van der Waals surface area contributed by atoms with E-state index in [9.17, 15) is 9.59 Å². The number of carbonyl (C=O) groups excluding carboxylic acids is 2. The van der Waals surface area contributed by atoms with Crippen molar-refractivity contribution in [3.63, 3.8) is 0 Å². The third-order valence-electron chi connectivity index (χ3n) is 6.59. The molecule has 1 saturated carbocycles. The third-order valence-corrected chi connectivity index (χ3v) is 7.75. The Morgan fingerprint density at radius 3 is 2.29 bits per heavy atom. The summed E-state index contributed by atoms with van der Waals surface area (Å²) in [6.45, 7) is 6.26. The van der Waals surface area contributed by atoms with Crippen LogP contribution in [0.2, 0.25) is 0 Å². The molecule has 1 amide bonds. The summed E-state index contributed by atoms with van der Waals surface area (Å²) >= 11 is 1.37. The Morgan fingerprint density at radius 1 is 1.03 bits per heavy atom. The molecule has 0 saturated heterocycles. The van der Waals surface area contributed by atoms with E-state index in [4.69, 9.17) is 4.74 Å². The molecular weight excluding hydrogens is 444 g/mol. The maximum Gasteiger partial charge on any atom is 0.350 e. The SMILES string of the molecule is COC(=O)c1sc(-c2ccc(-c3ccccn3)cc2)cc1N(C(=O)[C@H]1CC[C@H](C)CC1)C(C)C. The van der Waals surface area contributed by atoms with Gasteiger partial charge in [-0.25, -0.2) is 4.79 Å². The van der Waals surface area contributed by atoms with Crippen molar-refractivity contribution in [1.82, 2.24) is 4.98 Å². The molecule has 0 bridgehead atoms. The van der Waals surface area contributed by atoms with Gasteiger partial charge in [0.1, 0.15) is 4.88 Å². The van der Waals surface area contributed by atoms with Crippen LogP contribution in [0.5, 0.6) is 0 Å². The fourth-order valence-electron chi connectivity index (χ4n) is 4.64. The summed E-state index contributed by atoms with van der Waals surface area (Å²) in [6.07, 6.45) is 5.74. The molecule has 1 aliphatic carbocycles. The van der Waals surface area contributed by atoms with Crippen LogP contribution in [0, 0.1) is 11.8 Å². The second-order valence-corrected chi connectivity index (χ2v) is 10.4. The second-order valence-electron chi connectivity index (χ2n) is 9.37. The lowest BCUT2D eigenvalue weighted by atomic mass is 9.82. The van der Waals surface area contributed by atoms with Crippen LogP contribution in [-0.4, -0.2) is 30.0 Å². The van der Waals surface area contributed by atoms with Crippen LogP contribution in [0.3, 0.4) is 0 Å². The number of aromatic nitrogens is 1. The standard InChI is InChI=1S/C28H32N2O3S/c1-18(2)30(27(31)22-10-8-19(3)9-11-22)24-17-25(34-26(24)28(32)33-4)21-14-12-20(13-15-21)23-7-5-6-16-29-23/h5-7,12-19,22H,8-11H2,1-4H3/t19-,22-. The monoisotopic (exact) mass is 476 g/mol. The molecule has 0 unspecified atom stereocenters. The zero-order valence-electron chi connectivity index (χ0n) is 20.3. The highest BCUT2D eigenvalue weighted by Crippen LogP contribution is 2.40. The van der Waals surface area contributed by atoms with Crippen molar-refractivity contribution in [2.45, 2.75) is 52.5 Å². The molecule has 34 heavy (non-hydrogen) atoms. The minimum absolute atomic E-state index is 0.00472. The number of thiophene rings is 1. The van der Waals surface area contributed by atoms with Gasteiger partial charge in [-0.1, -0.05) is 37.3 Å². The Balaban J connectivity index is 1.69. The van der Waals surface area contributed by atoms with Gasteiger partial charge in [0, 0.05) is 28.6 Å². The zero-order chi connectivity index (χ0) is 24.2. The lowest BCUT2D eigenvalue weighted by Gasteiger charge is -2.33. The number of esters is 1. The summed E-state index contributed by atoms with van der Waals surface area (Å²) in [7, 11) is 1.39. The summed E-state index contributed by atoms with van der Waals surface area (Å²) < 4.78 is 5.10. The van der Waals surface area contributed by atoms with Gasteiger partial charge in [-0.2, -0.15) is 0 Å². The van der Waals surface area contributed by atoms with Crippen molar-refractivity contribution >= 4 is 28.9 Å².